The summed E-state index contributed by atoms with van der Waals surface area (Å²) >= 11 is 0. The van der Waals surface area contributed by atoms with Crippen LogP contribution in [-0.2, 0) is 9.47 Å². The Labute approximate surface area is 173 Å². The number of ether oxygens (including phenoxy) is 2. The number of rotatable bonds is 5. The van der Waals surface area contributed by atoms with Crippen molar-refractivity contribution in [3.63, 3.8) is 0 Å². The minimum Gasteiger partial charge on any atom is -0.472 e. The van der Waals surface area contributed by atoms with Crippen LogP contribution < -0.4 is 16.0 Å². The molecule has 9 heteroatoms. The van der Waals surface area contributed by atoms with Gasteiger partial charge in [0.25, 0.3) is 5.91 Å². The molecule has 2 aromatic rings. The first-order valence-electron chi connectivity index (χ1n) is 9.94. The summed E-state index contributed by atoms with van der Waals surface area (Å²) < 4.78 is 16.2. The quantitative estimate of drug-likeness (QED) is 0.596. The zero-order valence-electron chi connectivity index (χ0n) is 16.5. The van der Waals surface area contributed by atoms with Gasteiger partial charge in [0.2, 0.25) is 0 Å². The van der Waals surface area contributed by atoms with Crippen molar-refractivity contribution < 1.29 is 28.6 Å². The van der Waals surface area contributed by atoms with E-state index in [0.717, 1.165) is 0 Å². The zero-order valence-corrected chi connectivity index (χ0v) is 16.5. The Morgan fingerprint density at radius 3 is 2.37 bits per heavy atom. The average Bonchev–Trinajstić information content (AvgIpc) is 3.42. The van der Waals surface area contributed by atoms with Crippen LogP contribution in [0.25, 0.3) is 0 Å². The number of amides is 3. The molecule has 0 unspecified atom stereocenters. The number of carbonyl (C=O) groups excluding carboxylic acids is 2. The second-order valence-electron chi connectivity index (χ2n) is 7.69. The average molecular weight is 415 g/mol. The minimum atomic E-state index is -0.988. The van der Waals surface area contributed by atoms with Crippen molar-refractivity contribution in [1.29, 1.82) is 0 Å². The molecule has 1 aliphatic heterocycles. The van der Waals surface area contributed by atoms with Crippen LogP contribution in [0.1, 0.15) is 36.0 Å². The van der Waals surface area contributed by atoms with Gasteiger partial charge in [-0.2, -0.15) is 0 Å². The van der Waals surface area contributed by atoms with Crippen LogP contribution in [0.4, 0.5) is 16.2 Å². The van der Waals surface area contributed by atoms with Crippen LogP contribution >= 0.6 is 0 Å². The number of nitrogens with one attached hydrogen (secondary N) is 3. The van der Waals surface area contributed by atoms with Gasteiger partial charge >= 0.3 is 6.03 Å². The van der Waals surface area contributed by atoms with Crippen molar-refractivity contribution in [1.82, 2.24) is 5.32 Å². The molecule has 4 rings (SSSR count). The predicted molar refractivity (Wildman–Crippen MR) is 108 cm³/mol. The normalized spacial score (nSPS) is 19.4. The molecule has 9 nitrogen and oxygen atoms in total. The van der Waals surface area contributed by atoms with E-state index in [9.17, 15) is 14.7 Å². The number of urea groups is 1. The molecule has 160 valence electrons. The Balaban J connectivity index is 1.26. The lowest BCUT2D eigenvalue weighted by atomic mass is 9.81. The Hall–Kier alpha value is -2.88. The largest absolute Gasteiger partial charge is 0.472 e. The van der Waals surface area contributed by atoms with Gasteiger partial charge in [-0.25, -0.2) is 4.79 Å². The number of benzene rings is 1. The number of aliphatic hydroxyl groups is 1. The standard InChI is InChI=1S/C21H25N3O6/c25-18(15-4-9-28-13-15)23-16-2-1-3-17(12-16)24-19(26)22-14-20(27)5-7-21(8-6-20)29-10-11-30-21/h1-4,9,12-13,27H,5-8,10-11,14H2,(H,23,25)(H2,22,24,26). The van der Waals surface area contributed by atoms with Crippen molar-refractivity contribution in [2.75, 3.05) is 30.4 Å². The molecule has 0 atom stereocenters. The van der Waals surface area contributed by atoms with Crippen LogP contribution in [-0.4, -0.2) is 48.2 Å². The van der Waals surface area contributed by atoms with Gasteiger partial charge in [-0.3, -0.25) is 4.79 Å². The lowest BCUT2D eigenvalue weighted by molar-refractivity contribution is -0.201. The molecule has 1 aromatic heterocycles. The van der Waals surface area contributed by atoms with Gasteiger partial charge in [0, 0.05) is 30.8 Å². The van der Waals surface area contributed by atoms with Crippen molar-refractivity contribution in [2.45, 2.75) is 37.1 Å². The molecule has 0 bridgehead atoms. The first-order valence-corrected chi connectivity index (χ1v) is 9.94. The summed E-state index contributed by atoms with van der Waals surface area (Å²) in [7, 11) is 0. The maximum absolute atomic E-state index is 12.3. The van der Waals surface area contributed by atoms with E-state index >= 15 is 0 Å². The smallest absolute Gasteiger partial charge is 0.319 e. The molecular formula is C21H25N3O6. The lowest BCUT2D eigenvalue weighted by Crippen LogP contribution is -2.50. The van der Waals surface area contributed by atoms with E-state index in [-0.39, 0.29) is 12.5 Å². The summed E-state index contributed by atoms with van der Waals surface area (Å²) in [6.07, 6.45) is 4.96. The maximum atomic E-state index is 12.3. The van der Waals surface area contributed by atoms with E-state index in [1.165, 1.54) is 12.5 Å². The molecule has 1 aromatic carbocycles. The first kappa shape index (κ1) is 20.4. The highest BCUT2D eigenvalue weighted by Crippen LogP contribution is 2.39. The SMILES string of the molecule is O=C(NCC1(O)CCC2(CC1)OCCO2)Nc1cccc(NC(=O)c2ccoc2)c1. The highest BCUT2D eigenvalue weighted by molar-refractivity contribution is 6.04. The molecular weight excluding hydrogens is 390 g/mol. The number of furan rings is 1. The topological polar surface area (TPSA) is 122 Å². The van der Waals surface area contributed by atoms with Crippen LogP contribution in [0.2, 0.25) is 0 Å². The van der Waals surface area contributed by atoms with Gasteiger partial charge in [0.05, 0.1) is 30.6 Å². The fourth-order valence-electron chi connectivity index (χ4n) is 3.75. The Morgan fingerprint density at radius 2 is 1.70 bits per heavy atom. The highest BCUT2D eigenvalue weighted by Gasteiger charge is 2.45. The lowest BCUT2D eigenvalue weighted by Gasteiger charge is -2.40. The molecule has 30 heavy (non-hydrogen) atoms. The monoisotopic (exact) mass is 415 g/mol. The highest BCUT2D eigenvalue weighted by atomic mass is 16.7. The van der Waals surface area contributed by atoms with Gasteiger partial charge in [-0.1, -0.05) is 6.07 Å². The molecule has 1 saturated carbocycles. The molecule has 1 saturated heterocycles. The van der Waals surface area contributed by atoms with Gasteiger partial charge in [0.15, 0.2) is 5.79 Å². The number of hydrogen-bond acceptors (Lipinski definition) is 6. The third-order valence-corrected chi connectivity index (χ3v) is 5.50. The van der Waals surface area contributed by atoms with Gasteiger partial charge < -0.3 is 34.9 Å². The van der Waals surface area contributed by atoms with Crippen molar-refractivity contribution in [3.8, 4) is 0 Å². The molecule has 2 aliphatic rings. The van der Waals surface area contributed by atoms with Crippen molar-refractivity contribution in [2.24, 2.45) is 0 Å². The van der Waals surface area contributed by atoms with Crippen LogP contribution in [0.5, 0.6) is 0 Å². The summed E-state index contributed by atoms with van der Waals surface area (Å²) in [5.41, 5.74) is 0.465. The maximum Gasteiger partial charge on any atom is 0.319 e. The molecule has 1 spiro atoms. The summed E-state index contributed by atoms with van der Waals surface area (Å²) in [6, 6.07) is 7.92. The number of anilines is 2. The van der Waals surface area contributed by atoms with Crippen molar-refractivity contribution >= 4 is 23.3 Å². The minimum absolute atomic E-state index is 0.131. The van der Waals surface area contributed by atoms with Crippen molar-refractivity contribution in [3.05, 3.63) is 48.4 Å². The summed E-state index contributed by atoms with van der Waals surface area (Å²) in [5.74, 6) is -0.867. The zero-order chi connectivity index (χ0) is 21.0. The summed E-state index contributed by atoms with van der Waals surface area (Å²) in [4.78, 5) is 24.4. The van der Waals surface area contributed by atoms with E-state index in [4.69, 9.17) is 13.9 Å². The number of hydrogen-bond donors (Lipinski definition) is 4. The molecule has 4 N–H and O–H groups in total. The summed E-state index contributed by atoms with van der Waals surface area (Å²) in [6.45, 7) is 1.30. The Bertz CT molecular complexity index is 882. The third kappa shape index (κ3) is 4.81. The fourth-order valence-corrected chi connectivity index (χ4v) is 3.75. The van der Waals surface area contributed by atoms with E-state index in [1.54, 1.807) is 30.3 Å². The van der Waals surface area contributed by atoms with E-state index in [2.05, 4.69) is 16.0 Å². The predicted octanol–water partition coefficient (Wildman–Crippen LogP) is 2.70. The van der Waals surface area contributed by atoms with Crippen LogP contribution in [0, 0.1) is 0 Å². The number of carbonyl (C=O) groups is 2. The molecule has 0 radical (unpaired) electrons. The molecule has 1 aliphatic carbocycles. The first-order chi connectivity index (χ1) is 14.5. The van der Waals surface area contributed by atoms with E-state index in [1.807, 2.05) is 0 Å². The second kappa shape index (κ2) is 8.47. The second-order valence-corrected chi connectivity index (χ2v) is 7.69. The van der Waals surface area contributed by atoms with Gasteiger partial charge in [-0.05, 0) is 37.1 Å². The molecule has 2 fully saturated rings. The van der Waals surface area contributed by atoms with E-state index < -0.39 is 17.4 Å². The fraction of sp³-hybridized carbons (Fsp3) is 0.429. The van der Waals surface area contributed by atoms with E-state index in [0.29, 0.717) is 55.8 Å². The Kier molecular flexibility index (Phi) is 5.76. The van der Waals surface area contributed by atoms with Crippen LogP contribution in [0.15, 0.2) is 47.3 Å². The third-order valence-electron chi connectivity index (χ3n) is 5.50. The van der Waals surface area contributed by atoms with Gasteiger partial charge in [-0.15, -0.1) is 0 Å². The molecule has 3 amide bonds. The molecule has 2 heterocycles. The Morgan fingerprint density at radius 1 is 1.00 bits per heavy atom. The van der Waals surface area contributed by atoms with Crippen LogP contribution in [0.3, 0.4) is 0 Å². The summed E-state index contributed by atoms with van der Waals surface area (Å²) in [5, 5.41) is 18.9. The van der Waals surface area contributed by atoms with Gasteiger partial charge in [0.1, 0.15) is 6.26 Å².